The summed E-state index contributed by atoms with van der Waals surface area (Å²) < 4.78 is 57.6. The van der Waals surface area contributed by atoms with Crippen molar-refractivity contribution in [1.29, 1.82) is 0 Å². The molecule has 1 aromatic heterocycles. The number of sulfonamides is 1. The fraction of sp³-hybridized carbons (Fsp3) is 0.448. The zero-order chi connectivity index (χ0) is 28.3. The van der Waals surface area contributed by atoms with Crippen molar-refractivity contribution in [3.05, 3.63) is 77.8 Å². The van der Waals surface area contributed by atoms with Crippen LogP contribution in [0.1, 0.15) is 54.7 Å². The smallest absolute Gasteiger partial charge is 0.275 e. The Balaban J connectivity index is 1.51. The first-order valence-corrected chi connectivity index (χ1v) is 15.5. The van der Waals surface area contributed by atoms with Crippen LogP contribution in [0.25, 0.3) is 11.3 Å². The fourth-order valence-electron chi connectivity index (χ4n) is 5.89. The third-order valence-electron chi connectivity index (χ3n) is 7.85. The molecule has 2 aliphatic rings. The molecule has 1 amide bonds. The van der Waals surface area contributed by atoms with E-state index in [2.05, 4.69) is 15.0 Å². The number of nitrogens with one attached hydrogen (secondary N) is 2. The molecule has 3 atom stereocenters. The third-order valence-corrected chi connectivity index (χ3v) is 9.27. The summed E-state index contributed by atoms with van der Waals surface area (Å²) in [6.07, 6.45) is 5.24. The minimum absolute atomic E-state index is 0.00494. The molecule has 11 heteroatoms. The van der Waals surface area contributed by atoms with Gasteiger partial charge < -0.3 is 14.8 Å². The van der Waals surface area contributed by atoms with E-state index in [1.54, 1.807) is 18.2 Å². The fourth-order valence-corrected chi connectivity index (χ4v) is 6.80. The largest absolute Gasteiger partial charge is 0.331 e. The Hall–Kier alpha value is -3.15. The van der Waals surface area contributed by atoms with Gasteiger partial charge in [-0.15, -0.1) is 0 Å². The van der Waals surface area contributed by atoms with Crippen molar-refractivity contribution < 1.29 is 22.0 Å². The third kappa shape index (κ3) is 6.26. The number of piperazine rings is 1. The van der Waals surface area contributed by atoms with Gasteiger partial charge in [0, 0.05) is 43.3 Å². The molecule has 2 aromatic carbocycles. The predicted octanol–water partition coefficient (Wildman–Crippen LogP) is 3.91. The van der Waals surface area contributed by atoms with Crippen molar-refractivity contribution in [2.45, 2.75) is 57.2 Å². The van der Waals surface area contributed by atoms with Crippen LogP contribution in [-0.4, -0.2) is 66.2 Å². The lowest BCUT2D eigenvalue weighted by Gasteiger charge is -2.36. The summed E-state index contributed by atoms with van der Waals surface area (Å²) in [4.78, 5) is 20.5. The first-order valence-electron chi connectivity index (χ1n) is 13.8. The van der Waals surface area contributed by atoms with Crippen LogP contribution in [0.3, 0.4) is 0 Å². The van der Waals surface area contributed by atoms with Crippen molar-refractivity contribution in [3.8, 4) is 11.3 Å². The predicted molar refractivity (Wildman–Crippen MR) is 149 cm³/mol. The molecule has 0 bridgehead atoms. The molecule has 1 saturated heterocycles. The Labute approximate surface area is 233 Å². The Morgan fingerprint density at radius 3 is 2.55 bits per heavy atom. The molecule has 1 saturated carbocycles. The van der Waals surface area contributed by atoms with Crippen LogP contribution in [-0.2, 0) is 16.4 Å². The molecule has 0 radical (unpaired) electrons. The van der Waals surface area contributed by atoms with Gasteiger partial charge in [-0.2, -0.15) is 0 Å². The van der Waals surface area contributed by atoms with Gasteiger partial charge in [-0.05, 0) is 43.9 Å². The molecule has 214 valence electrons. The number of rotatable bonds is 8. The standard InChI is InChI=1S/C29H35F2N5O3S/c1-2-40(38,39)34-25-10-6-7-11-26(25)36-19-33-27(28(36)21-8-4-3-5-9-21)29(37)35-13-12-32-18-24(35)16-20-14-22(30)17-23(31)15-20/h3-5,8-9,14-15,17,19,24-26,32,34H,2,6-7,10-13,16,18H2,1H3/t24-,25?,26+/m1/s1. The number of amides is 1. The zero-order valence-corrected chi connectivity index (χ0v) is 23.3. The molecular formula is C29H35F2N5O3S. The molecule has 1 aliphatic heterocycles. The number of hydrogen-bond acceptors (Lipinski definition) is 5. The second-order valence-electron chi connectivity index (χ2n) is 10.5. The van der Waals surface area contributed by atoms with Gasteiger partial charge in [0.1, 0.15) is 11.6 Å². The van der Waals surface area contributed by atoms with Gasteiger partial charge >= 0.3 is 0 Å². The molecule has 2 N–H and O–H groups in total. The number of hydrogen-bond donors (Lipinski definition) is 2. The van der Waals surface area contributed by atoms with E-state index in [0.29, 0.717) is 37.3 Å². The highest BCUT2D eigenvalue weighted by molar-refractivity contribution is 7.89. The summed E-state index contributed by atoms with van der Waals surface area (Å²) in [7, 11) is -3.43. The maximum Gasteiger partial charge on any atom is 0.275 e. The number of halogens is 2. The lowest BCUT2D eigenvalue weighted by atomic mass is 9.90. The van der Waals surface area contributed by atoms with Gasteiger partial charge in [0.2, 0.25) is 10.0 Å². The van der Waals surface area contributed by atoms with Crippen LogP contribution in [0.5, 0.6) is 0 Å². The van der Waals surface area contributed by atoms with Crippen molar-refractivity contribution in [2.75, 3.05) is 25.4 Å². The van der Waals surface area contributed by atoms with E-state index in [9.17, 15) is 22.0 Å². The Morgan fingerprint density at radius 1 is 1.10 bits per heavy atom. The van der Waals surface area contributed by atoms with Gasteiger partial charge in [-0.25, -0.2) is 26.9 Å². The molecule has 1 unspecified atom stereocenters. The van der Waals surface area contributed by atoms with Crippen LogP contribution in [0.4, 0.5) is 8.78 Å². The van der Waals surface area contributed by atoms with Gasteiger partial charge in [-0.3, -0.25) is 4.79 Å². The monoisotopic (exact) mass is 571 g/mol. The highest BCUT2D eigenvalue weighted by Gasteiger charge is 2.35. The van der Waals surface area contributed by atoms with Crippen molar-refractivity contribution >= 4 is 15.9 Å². The molecule has 2 fully saturated rings. The number of aromatic nitrogens is 2. The highest BCUT2D eigenvalue weighted by atomic mass is 32.2. The normalized spacial score (nSPS) is 21.9. The maximum atomic E-state index is 14.1. The Bertz CT molecular complexity index is 1430. The van der Waals surface area contributed by atoms with E-state index in [0.717, 1.165) is 30.9 Å². The van der Waals surface area contributed by atoms with Gasteiger partial charge in [0.25, 0.3) is 5.91 Å². The van der Waals surface area contributed by atoms with Gasteiger partial charge in [0.05, 0.1) is 23.8 Å². The minimum atomic E-state index is -3.43. The van der Waals surface area contributed by atoms with Crippen LogP contribution < -0.4 is 10.0 Å². The number of carbonyl (C=O) groups is 1. The SMILES string of the molecule is CCS(=O)(=O)NC1CCCC[C@@H]1n1cnc(C(=O)N2CCNC[C@H]2Cc2cc(F)cc(F)c2)c1-c1ccccc1. The lowest BCUT2D eigenvalue weighted by Crippen LogP contribution is -2.54. The molecule has 2 heterocycles. The van der Waals surface area contributed by atoms with Crippen LogP contribution >= 0.6 is 0 Å². The second kappa shape index (κ2) is 12.2. The van der Waals surface area contributed by atoms with E-state index in [-0.39, 0.29) is 41.9 Å². The number of benzene rings is 2. The molecule has 5 rings (SSSR count). The van der Waals surface area contributed by atoms with E-state index < -0.39 is 21.7 Å². The molecule has 1 aliphatic carbocycles. The molecule has 40 heavy (non-hydrogen) atoms. The lowest BCUT2D eigenvalue weighted by molar-refractivity contribution is 0.0631. The van der Waals surface area contributed by atoms with Crippen LogP contribution in [0.2, 0.25) is 0 Å². The van der Waals surface area contributed by atoms with Crippen LogP contribution in [0.15, 0.2) is 54.9 Å². The van der Waals surface area contributed by atoms with Gasteiger partial charge in [-0.1, -0.05) is 43.2 Å². The first-order chi connectivity index (χ1) is 19.3. The summed E-state index contributed by atoms with van der Waals surface area (Å²) >= 11 is 0. The number of imidazole rings is 1. The quantitative estimate of drug-likeness (QED) is 0.428. The number of carbonyl (C=O) groups excluding carboxylic acids is 1. The summed E-state index contributed by atoms with van der Waals surface area (Å²) in [6.45, 7) is 3.11. The highest BCUT2D eigenvalue weighted by Crippen LogP contribution is 2.35. The average molecular weight is 572 g/mol. The van der Waals surface area contributed by atoms with E-state index in [1.807, 2.05) is 34.9 Å². The first kappa shape index (κ1) is 28.4. The maximum absolute atomic E-state index is 14.1. The number of nitrogens with zero attached hydrogens (tertiary/aromatic N) is 3. The summed E-state index contributed by atoms with van der Waals surface area (Å²) in [5.41, 5.74) is 2.22. The molecule has 8 nitrogen and oxygen atoms in total. The Morgan fingerprint density at radius 2 is 1.82 bits per heavy atom. The summed E-state index contributed by atoms with van der Waals surface area (Å²) in [5.74, 6) is -1.57. The zero-order valence-electron chi connectivity index (χ0n) is 22.5. The summed E-state index contributed by atoms with van der Waals surface area (Å²) in [6, 6.07) is 12.1. The van der Waals surface area contributed by atoms with E-state index >= 15 is 0 Å². The summed E-state index contributed by atoms with van der Waals surface area (Å²) in [5, 5.41) is 3.28. The second-order valence-corrected chi connectivity index (χ2v) is 12.6. The Kier molecular flexibility index (Phi) is 8.62. The van der Waals surface area contributed by atoms with Gasteiger partial charge in [0.15, 0.2) is 5.69 Å². The van der Waals surface area contributed by atoms with E-state index in [4.69, 9.17) is 0 Å². The molecule has 0 spiro atoms. The van der Waals surface area contributed by atoms with Crippen molar-refractivity contribution in [1.82, 2.24) is 24.5 Å². The molecular weight excluding hydrogens is 536 g/mol. The minimum Gasteiger partial charge on any atom is -0.331 e. The van der Waals surface area contributed by atoms with Crippen molar-refractivity contribution in [3.63, 3.8) is 0 Å². The molecule has 3 aromatic rings. The van der Waals surface area contributed by atoms with Crippen LogP contribution in [0, 0.1) is 11.6 Å². The average Bonchev–Trinajstić information content (AvgIpc) is 3.38. The van der Waals surface area contributed by atoms with E-state index in [1.165, 1.54) is 12.1 Å². The topological polar surface area (TPSA) is 96.3 Å². The van der Waals surface area contributed by atoms with Crippen molar-refractivity contribution in [2.24, 2.45) is 0 Å².